The van der Waals surface area contributed by atoms with Crippen LogP contribution in [0.1, 0.15) is 147 Å². The molecule has 1 aliphatic carbocycles. The summed E-state index contributed by atoms with van der Waals surface area (Å²) in [6.07, 6.45) is 25.3. The first-order valence-electron chi connectivity index (χ1n) is 17.3. The first-order valence-corrected chi connectivity index (χ1v) is 17.3. The van der Waals surface area contributed by atoms with Crippen molar-refractivity contribution in [2.75, 3.05) is 14.2 Å². The van der Waals surface area contributed by atoms with Gasteiger partial charge in [-0.15, -0.1) is 0 Å². The summed E-state index contributed by atoms with van der Waals surface area (Å²) >= 11 is 0. The summed E-state index contributed by atoms with van der Waals surface area (Å²) in [5.74, 6) is 0.652. The lowest BCUT2D eigenvalue weighted by atomic mass is 9.82. The Balaban J connectivity index is 1.77. The molecule has 0 spiro atoms. The zero-order valence-corrected chi connectivity index (χ0v) is 31.0. The maximum absolute atomic E-state index is 13.3. The quantitative estimate of drug-likeness (QED) is 0.141. The van der Waals surface area contributed by atoms with Gasteiger partial charge in [-0.2, -0.15) is 0 Å². The van der Waals surface area contributed by atoms with E-state index >= 15 is 0 Å². The third-order valence-corrected chi connectivity index (χ3v) is 8.95. The van der Waals surface area contributed by atoms with E-state index in [-0.39, 0.29) is 11.6 Å². The van der Waals surface area contributed by atoms with Gasteiger partial charge in [0.15, 0.2) is 23.1 Å². The van der Waals surface area contributed by atoms with Gasteiger partial charge in [0, 0.05) is 22.3 Å². The predicted octanol–water partition coefficient (Wildman–Crippen LogP) is 12.4. The topological polar surface area (TPSA) is 52.6 Å². The number of carbonyl (C=O) groups is 2. The Kier molecular flexibility index (Phi) is 17.3. The molecule has 0 unspecified atom stereocenters. The van der Waals surface area contributed by atoms with Crippen molar-refractivity contribution >= 4 is 11.6 Å². The summed E-state index contributed by atoms with van der Waals surface area (Å²) in [6, 6.07) is 3.23. The summed E-state index contributed by atoms with van der Waals surface area (Å²) in [6.45, 7) is 17.2. The maximum atomic E-state index is 13.3. The lowest BCUT2D eigenvalue weighted by Crippen LogP contribution is -2.21. The predicted molar refractivity (Wildman–Crippen MR) is 200 cm³/mol. The van der Waals surface area contributed by atoms with Crippen LogP contribution >= 0.6 is 0 Å². The second-order valence-corrected chi connectivity index (χ2v) is 13.4. The van der Waals surface area contributed by atoms with E-state index in [9.17, 15) is 9.59 Å². The minimum Gasteiger partial charge on any atom is -0.493 e. The Hall–Kier alpha value is -3.66. The van der Waals surface area contributed by atoms with Gasteiger partial charge in [-0.05, 0) is 138 Å². The summed E-state index contributed by atoms with van der Waals surface area (Å²) in [7, 11) is 3.05. The second-order valence-electron chi connectivity index (χ2n) is 13.4. The Morgan fingerprint density at radius 2 is 0.872 bits per heavy atom. The molecule has 0 aromatic heterocycles. The van der Waals surface area contributed by atoms with E-state index in [1.807, 2.05) is 0 Å². The highest BCUT2D eigenvalue weighted by Gasteiger charge is 2.31. The molecule has 1 aromatic carbocycles. The minimum atomic E-state index is -0.129. The van der Waals surface area contributed by atoms with Crippen molar-refractivity contribution in [3.05, 3.63) is 104 Å². The number of carbonyl (C=O) groups excluding carboxylic acids is 2. The van der Waals surface area contributed by atoms with Gasteiger partial charge in [-0.1, -0.05) is 69.9 Å². The molecule has 0 radical (unpaired) electrons. The van der Waals surface area contributed by atoms with Crippen LogP contribution in [0.3, 0.4) is 0 Å². The van der Waals surface area contributed by atoms with E-state index in [1.165, 1.54) is 54.1 Å². The van der Waals surface area contributed by atoms with Crippen LogP contribution in [0.4, 0.5) is 0 Å². The zero-order chi connectivity index (χ0) is 34.9. The minimum absolute atomic E-state index is 0.114. The van der Waals surface area contributed by atoms with Crippen molar-refractivity contribution in [2.24, 2.45) is 0 Å². The van der Waals surface area contributed by atoms with E-state index < -0.39 is 0 Å². The highest BCUT2D eigenvalue weighted by molar-refractivity contribution is 6.27. The molecule has 0 heterocycles. The smallest absolute Gasteiger partial charge is 0.190 e. The molecule has 0 amide bonds. The van der Waals surface area contributed by atoms with Crippen LogP contribution in [0.15, 0.2) is 93.2 Å². The normalized spacial score (nSPS) is 14.9. The lowest BCUT2D eigenvalue weighted by Gasteiger charge is -2.20. The number of ether oxygens (including phenoxy) is 2. The van der Waals surface area contributed by atoms with Gasteiger partial charge in [0.25, 0.3) is 0 Å². The summed E-state index contributed by atoms with van der Waals surface area (Å²) in [4.78, 5) is 26.4. The first-order chi connectivity index (χ1) is 22.4. The number of rotatable bonds is 19. The Morgan fingerprint density at radius 1 is 0.532 bits per heavy atom. The Labute approximate surface area is 286 Å². The number of Topliss-reactive ketones (excluding diaryl/α,β-unsaturated/α-hetero) is 2. The molecule has 0 saturated carbocycles. The molecule has 0 aliphatic heterocycles. The van der Waals surface area contributed by atoms with Crippen LogP contribution < -0.4 is 9.47 Å². The molecule has 256 valence electrons. The molecule has 1 aromatic rings. The third kappa shape index (κ3) is 13.5. The van der Waals surface area contributed by atoms with Crippen LogP contribution in [0.2, 0.25) is 0 Å². The van der Waals surface area contributed by atoms with Gasteiger partial charge in [0.2, 0.25) is 0 Å². The van der Waals surface area contributed by atoms with Crippen molar-refractivity contribution in [2.45, 2.75) is 126 Å². The fourth-order valence-corrected chi connectivity index (χ4v) is 5.73. The van der Waals surface area contributed by atoms with Gasteiger partial charge >= 0.3 is 0 Å². The number of allylic oxidation sites excluding steroid dienone is 14. The van der Waals surface area contributed by atoms with Crippen molar-refractivity contribution in [3.63, 3.8) is 0 Å². The largest absolute Gasteiger partial charge is 0.493 e. The molecule has 0 atom stereocenters. The van der Waals surface area contributed by atoms with Crippen molar-refractivity contribution in [1.29, 1.82) is 0 Å². The monoisotopic (exact) mass is 640 g/mol. The van der Waals surface area contributed by atoms with E-state index in [2.05, 4.69) is 84.9 Å². The van der Waals surface area contributed by atoms with Crippen LogP contribution in [0.25, 0.3) is 0 Å². The van der Waals surface area contributed by atoms with Crippen LogP contribution in [0, 0.1) is 0 Å². The van der Waals surface area contributed by atoms with Crippen molar-refractivity contribution in [1.82, 2.24) is 0 Å². The first kappa shape index (κ1) is 39.5. The van der Waals surface area contributed by atoms with E-state index in [0.717, 1.165) is 57.8 Å². The molecule has 2 rings (SSSR count). The SMILES string of the molecule is COc1cc2c(cc1OC)C(=O)C(C/C=C(\C)CC/C=C(\C)CC/C=C(\C)CC/C=C(\C)CC/C=C(\C)CCC=C(C)C)=C(C)C2=O. The van der Waals surface area contributed by atoms with Crippen molar-refractivity contribution in [3.8, 4) is 11.5 Å². The Bertz CT molecular complexity index is 1460. The number of hydrogen-bond acceptors (Lipinski definition) is 4. The lowest BCUT2D eigenvalue weighted by molar-refractivity contribution is 0.0972. The van der Waals surface area contributed by atoms with Crippen LogP contribution in [-0.4, -0.2) is 25.8 Å². The molecule has 0 fully saturated rings. The summed E-state index contributed by atoms with van der Waals surface area (Å²) in [5, 5.41) is 0. The van der Waals surface area contributed by atoms with E-state index in [4.69, 9.17) is 9.47 Å². The van der Waals surface area contributed by atoms with E-state index in [1.54, 1.807) is 19.1 Å². The molecule has 4 heteroatoms. The standard InChI is InChI=1S/C43H60O4/c1-30(2)16-11-17-31(3)18-12-19-32(4)20-13-21-33(5)22-14-23-34(6)24-15-25-35(7)26-27-37-36(8)42(44)38-28-40(46-9)41(47-10)29-39(38)43(37)45/h16,18,20,22,24,26,28-29H,11-15,17,19,21,23,25,27H2,1-10H3/b31-18+,32-20+,33-22+,34-24+,35-26+. The molecule has 0 saturated heterocycles. The number of fused-ring (bicyclic) bond motifs is 1. The highest BCUT2D eigenvalue weighted by Crippen LogP contribution is 2.36. The van der Waals surface area contributed by atoms with Gasteiger partial charge in [-0.25, -0.2) is 0 Å². The van der Waals surface area contributed by atoms with Gasteiger partial charge in [0.1, 0.15) is 0 Å². The van der Waals surface area contributed by atoms with Crippen molar-refractivity contribution < 1.29 is 19.1 Å². The van der Waals surface area contributed by atoms with Gasteiger partial charge in [-0.3, -0.25) is 9.59 Å². The van der Waals surface area contributed by atoms with Gasteiger partial charge in [0.05, 0.1) is 14.2 Å². The molecular weight excluding hydrogens is 580 g/mol. The molecular formula is C43H60O4. The number of hydrogen-bond donors (Lipinski definition) is 0. The molecule has 0 N–H and O–H groups in total. The fraction of sp³-hybridized carbons (Fsp3) is 0.488. The maximum Gasteiger partial charge on any atom is 0.190 e. The summed E-state index contributed by atoms with van der Waals surface area (Å²) < 4.78 is 10.7. The molecule has 1 aliphatic rings. The number of methoxy groups -OCH3 is 2. The third-order valence-electron chi connectivity index (χ3n) is 8.95. The van der Waals surface area contributed by atoms with Crippen LogP contribution in [0.5, 0.6) is 11.5 Å². The van der Waals surface area contributed by atoms with Gasteiger partial charge < -0.3 is 9.47 Å². The average Bonchev–Trinajstić information content (AvgIpc) is 3.02. The number of ketones is 2. The molecule has 4 nitrogen and oxygen atoms in total. The van der Waals surface area contributed by atoms with Crippen LogP contribution in [-0.2, 0) is 0 Å². The molecule has 0 bridgehead atoms. The van der Waals surface area contributed by atoms with E-state index in [0.29, 0.717) is 40.2 Å². The Morgan fingerprint density at radius 3 is 1.23 bits per heavy atom. The molecule has 47 heavy (non-hydrogen) atoms. The fourth-order valence-electron chi connectivity index (χ4n) is 5.73. The second kappa shape index (κ2) is 20.5. The highest BCUT2D eigenvalue weighted by atomic mass is 16.5. The number of benzene rings is 1. The average molecular weight is 641 g/mol. The summed E-state index contributed by atoms with van der Waals surface area (Å²) in [5.41, 5.74) is 10.3. The zero-order valence-electron chi connectivity index (χ0n) is 31.0.